The quantitative estimate of drug-likeness (QED) is 0.434. The molecule has 0 fully saturated rings. The molecule has 0 N–H and O–H groups in total. The summed E-state index contributed by atoms with van der Waals surface area (Å²) in [6.45, 7) is 3.37. The average molecular weight is 148 g/mol. The summed E-state index contributed by atoms with van der Waals surface area (Å²) in [5.41, 5.74) is 3.44. The molecule has 58 valence electrons. The Hall–Kier alpha value is -1.07. The molecule has 0 aromatic carbocycles. The molecule has 0 amide bonds. The van der Waals surface area contributed by atoms with E-state index in [1.807, 2.05) is 6.08 Å². The molecule has 0 spiro atoms. The van der Waals surface area contributed by atoms with Crippen molar-refractivity contribution in [1.82, 2.24) is 0 Å². The zero-order valence-corrected chi connectivity index (χ0v) is 6.60. The largest absolute Gasteiger partial charge is 0.289 e. The summed E-state index contributed by atoms with van der Waals surface area (Å²) in [7, 11) is 0. The van der Waals surface area contributed by atoms with Gasteiger partial charge in [0.15, 0.2) is 5.78 Å². The van der Waals surface area contributed by atoms with Crippen LogP contribution in [0.4, 0.5) is 0 Å². The van der Waals surface area contributed by atoms with E-state index in [1.54, 1.807) is 0 Å². The van der Waals surface area contributed by atoms with Gasteiger partial charge in [-0.1, -0.05) is 12.7 Å². The molecular formula is C10H12O. The van der Waals surface area contributed by atoms with E-state index in [1.165, 1.54) is 12.5 Å². The van der Waals surface area contributed by atoms with Gasteiger partial charge in [0.2, 0.25) is 0 Å². The maximum Gasteiger partial charge on any atom is 0.189 e. The second-order valence-corrected chi connectivity index (χ2v) is 2.69. The van der Waals surface area contributed by atoms with Gasteiger partial charge in [-0.05, 0) is 31.3 Å². The van der Waals surface area contributed by atoms with E-state index in [-0.39, 0.29) is 5.78 Å². The zero-order valence-electron chi connectivity index (χ0n) is 6.60. The fraction of sp³-hybridized carbons (Fsp3) is 0.400. The molecule has 1 aliphatic carbocycles. The van der Waals surface area contributed by atoms with Gasteiger partial charge in [-0.25, -0.2) is 0 Å². The van der Waals surface area contributed by atoms with Crippen LogP contribution in [0.1, 0.15) is 25.7 Å². The summed E-state index contributed by atoms with van der Waals surface area (Å²) in [5, 5.41) is 0. The van der Waals surface area contributed by atoms with Gasteiger partial charge in [0.25, 0.3) is 0 Å². The number of allylic oxidation sites excluding steroid dienone is 3. The van der Waals surface area contributed by atoms with Crippen LogP contribution in [0.15, 0.2) is 30.0 Å². The second kappa shape index (κ2) is 3.95. The Morgan fingerprint density at radius 1 is 1.64 bits per heavy atom. The van der Waals surface area contributed by atoms with Crippen LogP contribution in [0.25, 0.3) is 0 Å². The van der Waals surface area contributed by atoms with E-state index in [0.29, 0.717) is 0 Å². The first-order valence-electron chi connectivity index (χ1n) is 3.94. The van der Waals surface area contributed by atoms with Crippen molar-refractivity contribution in [1.29, 1.82) is 0 Å². The Bertz CT molecular complexity index is 229. The van der Waals surface area contributed by atoms with Crippen molar-refractivity contribution in [3.8, 4) is 0 Å². The number of carbonyl (C=O) groups excluding carboxylic acids is 1. The summed E-state index contributed by atoms with van der Waals surface area (Å²) in [4.78, 5) is 11.2. The second-order valence-electron chi connectivity index (χ2n) is 2.69. The van der Waals surface area contributed by atoms with Crippen LogP contribution in [-0.4, -0.2) is 5.78 Å². The van der Waals surface area contributed by atoms with E-state index in [9.17, 15) is 4.79 Å². The van der Waals surface area contributed by atoms with Crippen LogP contribution < -0.4 is 0 Å². The van der Waals surface area contributed by atoms with Gasteiger partial charge < -0.3 is 0 Å². The minimum Gasteiger partial charge on any atom is -0.289 e. The Morgan fingerprint density at radius 2 is 2.45 bits per heavy atom. The van der Waals surface area contributed by atoms with Crippen LogP contribution in [0, 0.1) is 0 Å². The van der Waals surface area contributed by atoms with E-state index < -0.39 is 0 Å². The molecule has 0 aliphatic heterocycles. The summed E-state index contributed by atoms with van der Waals surface area (Å²) in [5.74, 6) is 0.0831. The van der Waals surface area contributed by atoms with Crippen molar-refractivity contribution >= 4 is 5.78 Å². The number of carbonyl (C=O) groups is 1. The van der Waals surface area contributed by atoms with Gasteiger partial charge in [-0.15, -0.1) is 5.73 Å². The first kappa shape index (κ1) is 8.03. The minimum absolute atomic E-state index is 0.0831. The van der Waals surface area contributed by atoms with Gasteiger partial charge >= 0.3 is 0 Å². The predicted octanol–water partition coefficient (Wildman–Crippen LogP) is 2.40. The van der Waals surface area contributed by atoms with Crippen LogP contribution in [0.5, 0.6) is 0 Å². The van der Waals surface area contributed by atoms with Gasteiger partial charge in [0.1, 0.15) is 0 Å². The van der Waals surface area contributed by atoms with E-state index in [4.69, 9.17) is 0 Å². The third-order valence-electron chi connectivity index (χ3n) is 1.84. The fourth-order valence-corrected chi connectivity index (χ4v) is 1.25. The first-order chi connectivity index (χ1) is 5.34. The lowest BCUT2D eigenvalue weighted by atomic mass is 9.96. The van der Waals surface area contributed by atoms with E-state index in [2.05, 4.69) is 12.3 Å². The smallest absolute Gasteiger partial charge is 0.189 e. The lowest BCUT2D eigenvalue weighted by Gasteiger charge is -2.08. The van der Waals surface area contributed by atoms with Crippen LogP contribution >= 0.6 is 0 Å². The maximum absolute atomic E-state index is 11.2. The van der Waals surface area contributed by atoms with Gasteiger partial charge in [-0.2, -0.15) is 0 Å². The predicted molar refractivity (Wildman–Crippen MR) is 45.3 cm³/mol. The Balaban J connectivity index is 2.65. The summed E-state index contributed by atoms with van der Waals surface area (Å²) in [6, 6.07) is 0. The van der Waals surface area contributed by atoms with Gasteiger partial charge in [-0.3, -0.25) is 4.79 Å². The molecule has 1 rings (SSSR count). The van der Waals surface area contributed by atoms with E-state index >= 15 is 0 Å². The molecule has 1 heteroatoms. The van der Waals surface area contributed by atoms with Gasteiger partial charge in [0.05, 0.1) is 0 Å². The monoisotopic (exact) mass is 148 g/mol. The molecule has 0 saturated heterocycles. The molecule has 1 nitrogen and oxygen atoms in total. The van der Waals surface area contributed by atoms with Crippen molar-refractivity contribution in [2.75, 3.05) is 0 Å². The first-order valence-corrected chi connectivity index (χ1v) is 3.94. The molecule has 0 bridgehead atoms. The third-order valence-corrected chi connectivity index (χ3v) is 1.84. The van der Waals surface area contributed by atoms with Gasteiger partial charge in [0, 0.05) is 6.08 Å². The normalized spacial score (nSPS) is 16.5. The molecule has 0 unspecified atom stereocenters. The molecule has 0 saturated carbocycles. The molecule has 0 atom stereocenters. The van der Waals surface area contributed by atoms with Crippen molar-refractivity contribution in [3.05, 3.63) is 30.0 Å². The van der Waals surface area contributed by atoms with Crippen LogP contribution in [-0.2, 0) is 4.79 Å². The standard InChI is InChI=1S/C10H12O/c1-2-6-10(11)9-7-4-3-5-8-9/h6-7H,1,3-5,8H2. The highest BCUT2D eigenvalue weighted by molar-refractivity contribution is 6.03. The third kappa shape index (κ3) is 2.21. The summed E-state index contributed by atoms with van der Waals surface area (Å²) < 4.78 is 0. The zero-order chi connectivity index (χ0) is 8.10. The summed E-state index contributed by atoms with van der Waals surface area (Å²) >= 11 is 0. The maximum atomic E-state index is 11.2. The Morgan fingerprint density at radius 3 is 3.00 bits per heavy atom. The number of hydrogen-bond donors (Lipinski definition) is 0. The molecular weight excluding hydrogens is 136 g/mol. The lowest BCUT2D eigenvalue weighted by Crippen LogP contribution is -2.01. The Labute approximate surface area is 67.1 Å². The highest BCUT2D eigenvalue weighted by Gasteiger charge is 2.08. The Kier molecular flexibility index (Phi) is 2.88. The fourth-order valence-electron chi connectivity index (χ4n) is 1.25. The summed E-state index contributed by atoms with van der Waals surface area (Å²) in [6.07, 6.45) is 7.77. The molecule has 11 heavy (non-hydrogen) atoms. The van der Waals surface area contributed by atoms with Crippen molar-refractivity contribution < 1.29 is 4.79 Å². The minimum atomic E-state index is 0.0831. The molecule has 0 aromatic heterocycles. The molecule has 0 aromatic rings. The topological polar surface area (TPSA) is 17.1 Å². The van der Waals surface area contributed by atoms with Crippen molar-refractivity contribution in [2.24, 2.45) is 0 Å². The SMILES string of the molecule is C=C=CC(=O)C1=CCCCC1. The lowest BCUT2D eigenvalue weighted by molar-refractivity contribution is -0.111. The van der Waals surface area contributed by atoms with Crippen LogP contribution in [0.3, 0.4) is 0 Å². The number of ketones is 1. The number of rotatable bonds is 2. The van der Waals surface area contributed by atoms with Crippen molar-refractivity contribution in [3.63, 3.8) is 0 Å². The molecule has 1 aliphatic rings. The highest BCUT2D eigenvalue weighted by atomic mass is 16.1. The highest BCUT2D eigenvalue weighted by Crippen LogP contribution is 2.17. The van der Waals surface area contributed by atoms with E-state index in [0.717, 1.165) is 24.8 Å². The van der Waals surface area contributed by atoms with Crippen molar-refractivity contribution in [2.45, 2.75) is 25.7 Å². The van der Waals surface area contributed by atoms with Crippen LogP contribution in [0.2, 0.25) is 0 Å². The number of hydrogen-bond acceptors (Lipinski definition) is 1. The molecule has 0 heterocycles. The average Bonchev–Trinajstić information content (AvgIpc) is 2.07. The molecule has 0 radical (unpaired) electrons.